The van der Waals surface area contributed by atoms with Gasteiger partial charge in [-0.2, -0.15) is 5.26 Å². The van der Waals surface area contributed by atoms with Gasteiger partial charge in [-0.15, -0.1) is 0 Å². The molecule has 1 N–H and O–H groups in total. The standard InChI is InChI=1S/C11H9ClN4O2/c1-16-8(17)4-7(11(16)18)15-10-9(12)6(5-13)2-3-14-10/h2-3,7H,4H2,1H3,(H,14,15). The van der Waals surface area contributed by atoms with Crippen LogP contribution in [0.3, 0.4) is 0 Å². The fourth-order valence-electron chi connectivity index (χ4n) is 1.66. The normalized spacial score (nSPS) is 18.9. The first-order chi connectivity index (χ1) is 8.54. The molecule has 1 aromatic heterocycles. The molecule has 2 heterocycles. The third-order valence-electron chi connectivity index (χ3n) is 2.70. The minimum atomic E-state index is -0.679. The molecule has 7 heteroatoms. The molecule has 1 fully saturated rings. The number of rotatable bonds is 2. The summed E-state index contributed by atoms with van der Waals surface area (Å²) in [6.07, 6.45) is 1.47. The number of nitrogens with zero attached hydrogens (tertiary/aromatic N) is 3. The van der Waals surface area contributed by atoms with E-state index >= 15 is 0 Å². The fraction of sp³-hybridized carbons (Fsp3) is 0.273. The molecule has 1 atom stereocenters. The number of carbonyl (C=O) groups is 2. The molecule has 0 bridgehead atoms. The summed E-state index contributed by atoms with van der Waals surface area (Å²) in [7, 11) is 1.42. The van der Waals surface area contributed by atoms with E-state index in [0.717, 1.165) is 4.90 Å². The third kappa shape index (κ3) is 2.00. The molecule has 0 saturated carbocycles. The molecule has 2 rings (SSSR count). The molecular weight excluding hydrogens is 256 g/mol. The second-order valence-corrected chi connectivity index (χ2v) is 4.20. The number of nitrogens with one attached hydrogen (secondary N) is 1. The van der Waals surface area contributed by atoms with Crippen molar-refractivity contribution >= 4 is 29.2 Å². The monoisotopic (exact) mass is 264 g/mol. The number of likely N-dealkylation sites (tertiary alicyclic amines) is 1. The average Bonchev–Trinajstić information content (AvgIpc) is 2.60. The summed E-state index contributed by atoms with van der Waals surface area (Å²) < 4.78 is 0. The zero-order valence-electron chi connectivity index (χ0n) is 9.48. The summed E-state index contributed by atoms with van der Waals surface area (Å²) in [5.41, 5.74) is 0.263. The molecule has 2 amide bonds. The number of nitriles is 1. The number of carbonyl (C=O) groups excluding carboxylic acids is 2. The van der Waals surface area contributed by atoms with E-state index in [1.54, 1.807) is 0 Å². The van der Waals surface area contributed by atoms with Crippen LogP contribution >= 0.6 is 11.6 Å². The molecule has 1 unspecified atom stereocenters. The van der Waals surface area contributed by atoms with Crippen molar-refractivity contribution in [1.82, 2.24) is 9.88 Å². The van der Waals surface area contributed by atoms with Crippen LogP contribution in [0.15, 0.2) is 12.3 Å². The number of amides is 2. The van der Waals surface area contributed by atoms with Crippen molar-refractivity contribution in [2.24, 2.45) is 0 Å². The number of anilines is 1. The first-order valence-electron chi connectivity index (χ1n) is 5.16. The summed E-state index contributed by atoms with van der Waals surface area (Å²) in [5.74, 6) is -0.359. The predicted molar refractivity (Wildman–Crippen MR) is 63.8 cm³/mol. The topological polar surface area (TPSA) is 86.1 Å². The number of hydrogen-bond acceptors (Lipinski definition) is 5. The number of pyridine rings is 1. The van der Waals surface area contributed by atoms with Gasteiger partial charge in [0.2, 0.25) is 5.91 Å². The van der Waals surface area contributed by atoms with Crippen LogP contribution in [0.25, 0.3) is 0 Å². The molecule has 1 aliphatic rings. The van der Waals surface area contributed by atoms with Gasteiger partial charge in [0, 0.05) is 13.2 Å². The zero-order chi connectivity index (χ0) is 13.3. The van der Waals surface area contributed by atoms with E-state index in [2.05, 4.69) is 10.3 Å². The molecule has 0 aromatic carbocycles. The Morgan fingerprint density at radius 3 is 2.89 bits per heavy atom. The number of likely N-dealkylation sites (N-methyl/N-ethyl adjacent to an activating group) is 1. The maximum Gasteiger partial charge on any atom is 0.251 e. The Labute approximate surface area is 108 Å². The molecule has 6 nitrogen and oxygen atoms in total. The van der Waals surface area contributed by atoms with E-state index in [0.29, 0.717) is 0 Å². The van der Waals surface area contributed by atoms with Gasteiger partial charge in [0.15, 0.2) is 0 Å². The van der Waals surface area contributed by atoms with Crippen LogP contribution in [-0.2, 0) is 9.59 Å². The van der Waals surface area contributed by atoms with Gasteiger partial charge in [-0.05, 0) is 6.07 Å². The Bertz CT molecular complexity index is 567. The van der Waals surface area contributed by atoms with Crippen molar-refractivity contribution in [3.05, 3.63) is 22.8 Å². The van der Waals surface area contributed by atoms with E-state index in [1.807, 2.05) is 6.07 Å². The summed E-state index contributed by atoms with van der Waals surface area (Å²) >= 11 is 5.95. The van der Waals surface area contributed by atoms with Crippen molar-refractivity contribution in [3.63, 3.8) is 0 Å². The van der Waals surface area contributed by atoms with Gasteiger partial charge in [-0.3, -0.25) is 14.5 Å². The van der Waals surface area contributed by atoms with E-state index in [1.165, 1.54) is 19.3 Å². The molecule has 18 heavy (non-hydrogen) atoms. The van der Waals surface area contributed by atoms with E-state index in [-0.39, 0.29) is 34.6 Å². The highest BCUT2D eigenvalue weighted by atomic mass is 35.5. The highest BCUT2D eigenvalue weighted by molar-refractivity contribution is 6.34. The van der Waals surface area contributed by atoms with Crippen molar-refractivity contribution in [1.29, 1.82) is 5.26 Å². The lowest BCUT2D eigenvalue weighted by Crippen LogP contribution is -2.32. The Morgan fingerprint density at radius 1 is 1.61 bits per heavy atom. The van der Waals surface area contributed by atoms with E-state index in [4.69, 9.17) is 16.9 Å². The molecule has 0 radical (unpaired) electrons. The van der Waals surface area contributed by atoms with Gasteiger partial charge < -0.3 is 5.32 Å². The summed E-state index contributed by atoms with van der Waals surface area (Å²) in [6.45, 7) is 0. The summed E-state index contributed by atoms with van der Waals surface area (Å²) in [5, 5.41) is 11.8. The van der Waals surface area contributed by atoms with Crippen LogP contribution < -0.4 is 5.32 Å². The van der Waals surface area contributed by atoms with E-state index < -0.39 is 6.04 Å². The summed E-state index contributed by atoms with van der Waals surface area (Å²) in [4.78, 5) is 28.1. The van der Waals surface area contributed by atoms with Crippen molar-refractivity contribution in [2.75, 3.05) is 12.4 Å². The van der Waals surface area contributed by atoms with Crippen LogP contribution in [0.1, 0.15) is 12.0 Å². The Kier molecular flexibility index (Phi) is 3.17. The lowest BCUT2D eigenvalue weighted by Gasteiger charge is -2.12. The second-order valence-electron chi connectivity index (χ2n) is 3.82. The number of hydrogen-bond donors (Lipinski definition) is 1. The molecule has 1 aromatic rings. The minimum absolute atomic E-state index is 0.0596. The van der Waals surface area contributed by atoms with Crippen LogP contribution in [0, 0.1) is 11.3 Å². The van der Waals surface area contributed by atoms with Gasteiger partial charge in [-0.25, -0.2) is 4.98 Å². The van der Waals surface area contributed by atoms with Crippen molar-refractivity contribution < 1.29 is 9.59 Å². The third-order valence-corrected chi connectivity index (χ3v) is 3.08. The van der Waals surface area contributed by atoms with Crippen LogP contribution in [0.5, 0.6) is 0 Å². The first kappa shape index (κ1) is 12.3. The highest BCUT2D eigenvalue weighted by Crippen LogP contribution is 2.25. The second kappa shape index (κ2) is 4.63. The quantitative estimate of drug-likeness (QED) is 0.798. The van der Waals surface area contributed by atoms with Crippen LogP contribution in [-0.4, -0.2) is 34.8 Å². The minimum Gasteiger partial charge on any atom is -0.357 e. The average molecular weight is 265 g/mol. The van der Waals surface area contributed by atoms with Gasteiger partial charge in [0.25, 0.3) is 5.91 Å². The lowest BCUT2D eigenvalue weighted by atomic mass is 10.2. The van der Waals surface area contributed by atoms with Gasteiger partial charge in [-0.1, -0.05) is 11.6 Å². The molecule has 0 spiro atoms. The number of aromatic nitrogens is 1. The highest BCUT2D eigenvalue weighted by Gasteiger charge is 2.36. The molecule has 1 aliphatic heterocycles. The summed E-state index contributed by atoms with van der Waals surface area (Å²) in [6, 6.07) is 2.71. The predicted octanol–water partition coefficient (Wildman–Crippen LogP) is 0.776. The van der Waals surface area contributed by atoms with E-state index in [9.17, 15) is 9.59 Å². The fourth-order valence-corrected chi connectivity index (χ4v) is 1.87. The van der Waals surface area contributed by atoms with Gasteiger partial charge in [0.05, 0.1) is 12.0 Å². The first-order valence-corrected chi connectivity index (χ1v) is 5.54. The maximum atomic E-state index is 11.7. The van der Waals surface area contributed by atoms with Gasteiger partial charge >= 0.3 is 0 Å². The molecule has 1 saturated heterocycles. The van der Waals surface area contributed by atoms with Crippen LogP contribution in [0.2, 0.25) is 5.02 Å². The van der Waals surface area contributed by atoms with Gasteiger partial charge in [0.1, 0.15) is 23.0 Å². The lowest BCUT2D eigenvalue weighted by molar-refractivity contribution is -0.136. The zero-order valence-corrected chi connectivity index (χ0v) is 10.2. The molecule has 0 aliphatic carbocycles. The smallest absolute Gasteiger partial charge is 0.251 e. The Hall–Kier alpha value is -2.13. The molecule has 92 valence electrons. The van der Waals surface area contributed by atoms with Crippen LogP contribution in [0.4, 0.5) is 5.82 Å². The number of imide groups is 1. The maximum absolute atomic E-state index is 11.7. The number of halogens is 1. The van der Waals surface area contributed by atoms with Crippen molar-refractivity contribution in [2.45, 2.75) is 12.5 Å². The molecular formula is C11H9ClN4O2. The Morgan fingerprint density at radius 2 is 2.33 bits per heavy atom. The SMILES string of the molecule is CN1C(=O)CC(Nc2nccc(C#N)c2Cl)C1=O. The Balaban J connectivity index is 2.24. The van der Waals surface area contributed by atoms with Crippen molar-refractivity contribution in [3.8, 4) is 6.07 Å². The largest absolute Gasteiger partial charge is 0.357 e.